The molecule has 0 aliphatic carbocycles. The van der Waals surface area contributed by atoms with E-state index >= 15 is 0 Å². The van der Waals surface area contributed by atoms with Gasteiger partial charge in [0.1, 0.15) is 24.8 Å². The quantitative estimate of drug-likeness (QED) is 0.560. The molecule has 13 heteroatoms. The lowest BCUT2D eigenvalue weighted by atomic mass is 10.2. The fraction of sp³-hybridized carbons (Fsp3) is 0.263. The SMILES string of the molecule is Cn1c2c(c(=O)n(C)c1=O)N(CC(=O)N=c1scc(-c3ccc(Cl)c(Cl)c3)n1CO)CN2. The maximum Gasteiger partial charge on any atom is 0.332 e. The van der Waals surface area contributed by atoms with Crippen molar-refractivity contribution >= 4 is 52.0 Å². The van der Waals surface area contributed by atoms with Crippen LogP contribution in [0, 0.1) is 0 Å². The molecule has 0 saturated heterocycles. The van der Waals surface area contributed by atoms with Crippen molar-refractivity contribution < 1.29 is 9.90 Å². The number of thiazole rings is 1. The minimum Gasteiger partial charge on any atom is -0.376 e. The fourth-order valence-corrected chi connectivity index (χ4v) is 4.66. The molecule has 0 atom stereocenters. The number of nitrogens with one attached hydrogen (secondary N) is 1. The summed E-state index contributed by atoms with van der Waals surface area (Å²) in [6, 6.07) is 5.06. The standard InChI is InChI=1S/C19H18Cl2N6O4S/c1-24-16-15(17(30)25(2)19(24)31)26(8-22-16)6-14(29)23-18-27(9-28)13(7-32-18)10-3-4-11(20)12(21)5-10/h3-5,7,22,28H,6,8-9H2,1-2H3. The molecule has 0 unspecified atom stereocenters. The third kappa shape index (κ3) is 3.77. The Balaban J connectivity index is 1.66. The van der Waals surface area contributed by atoms with E-state index in [1.54, 1.807) is 30.6 Å². The summed E-state index contributed by atoms with van der Waals surface area (Å²) in [7, 11) is 2.93. The topological polar surface area (TPSA) is 114 Å². The van der Waals surface area contributed by atoms with Crippen molar-refractivity contribution in [1.29, 1.82) is 0 Å². The van der Waals surface area contributed by atoms with Gasteiger partial charge in [-0.2, -0.15) is 4.99 Å². The Hall–Kier alpha value is -2.86. The summed E-state index contributed by atoms with van der Waals surface area (Å²) in [6.45, 7) is -0.400. The van der Waals surface area contributed by atoms with Crippen LogP contribution in [0.2, 0.25) is 10.0 Å². The van der Waals surface area contributed by atoms with E-state index in [0.717, 1.165) is 4.57 Å². The molecule has 0 radical (unpaired) electrons. The molecule has 0 bridgehead atoms. The normalized spacial score (nSPS) is 13.4. The number of benzene rings is 1. The minimum atomic E-state index is -0.514. The first kappa shape index (κ1) is 22.3. The zero-order valence-electron chi connectivity index (χ0n) is 17.0. The second-order valence-electron chi connectivity index (χ2n) is 7.04. The number of aliphatic hydroxyl groups excluding tert-OH is 1. The Morgan fingerprint density at radius 2 is 1.97 bits per heavy atom. The van der Waals surface area contributed by atoms with Crippen LogP contribution in [-0.2, 0) is 25.6 Å². The molecule has 0 saturated carbocycles. The average Bonchev–Trinajstić information content (AvgIpc) is 3.36. The Labute approximate surface area is 195 Å². The molecule has 1 amide bonds. The van der Waals surface area contributed by atoms with Gasteiger partial charge in [-0.15, -0.1) is 11.3 Å². The number of halogens is 2. The van der Waals surface area contributed by atoms with Gasteiger partial charge in [0.2, 0.25) is 0 Å². The van der Waals surface area contributed by atoms with Crippen molar-refractivity contribution in [3.8, 4) is 11.3 Å². The van der Waals surface area contributed by atoms with E-state index in [-0.39, 0.29) is 18.9 Å². The van der Waals surface area contributed by atoms with Crippen LogP contribution in [0.4, 0.5) is 11.5 Å². The third-order valence-electron chi connectivity index (χ3n) is 5.10. The van der Waals surface area contributed by atoms with Crippen LogP contribution in [0.5, 0.6) is 0 Å². The minimum absolute atomic E-state index is 0.182. The second kappa shape index (κ2) is 8.58. The van der Waals surface area contributed by atoms with Crippen LogP contribution < -0.4 is 26.3 Å². The average molecular weight is 497 g/mol. The zero-order valence-corrected chi connectivity index (χ0v) is 19.3. The molecular weight excluding hydrogens is 479 g/mol. The molecule has 32 heavy (non-hydrogen) atoms. The van der Waals surface area contributed by atoms with Gasteiger partial charge in [-0.05, 0) is 12.1 Å². The number of anilines is 2. The molecule has 3 aromatic rings. The summed E-state index contributed by atoms with van der Waals surface area (Å²) in [5, 5.41) is 15.4. The Bertz CT molecular complexity index is 1420. The number of rotatable bonds is 4. The molecule has 2 N–H and O–H groups in total. The van der Waals surface area contributed by atoms with Gasteiger partial charge in [-0.25, -0.2) is 4.79 Å². The number of fused-ring (bicyclic) bond motifs is 1. The Kier molecular flexibility index (Phi) is 5.99. The summed E-state index contributed by atoms with van der Waals surface area (Å²) < 4.78 is 3.78. The molecule has 1 aliphatic rings. The predicted octanol–water partition coefficient (Wildman–Crippen LogP) is 1.19. The monoisotopic (exact) mass is 496 g/mol. The summed E-state index contributed by atoms with van der Waals surface area (Å²) in [4.78, 5) is 43.3. The highest BCUT2D eigenvalue weighted by Crippen LogP contribution is 2.29. The number of aromatic nitrogens is 3. The van der Waals surface area contributed by atoms with Gasteiger partial charge in [-0.3, -0.25) is 23.3 Å². The van der Waals surface area contributed by atoms with Crippen molar-refractivity contribution in [2.24, 2.45) is 19.1 Å². The van der Waals surface area contributed by atoms with Crippen molar-refractivity contribution in [3.05, 3.63) is 59.3 Å². The van der Waals surface area contributed by atoms with Crippen molar-refractivity contribution in [1.82, 2.24) is 13.7 Å². The second-order valence-corrected chi connectivity index (χ2v) is 8.69. The van der Waals surface area contributed by atoms with Crippen LogP contribution in [0.15, 0.2) is 38.2 Å². The highest BCUT2D eigenvalue weighted by Gasteiger charge is 2.28. The highest BCUT2D eigenvalue weighted by molar-refractivity contribution is 7.07. The lowest BCUT2D eigenvalue weighted by Gasteiger charge is -2.15. The number of hydrogen-bond acceptors (Lipinski definition) is 7. The van der Waals surface area contributed by atoms with Crippen LogP contribution in [-0.4, -0.2) is 37.9 Å². The molecule has 1 aromatic carbocycles. The summed E-state index contributed by atoms with van der Waals surface area (Å²) >= 11 is 13.2. The van der Waals surface area contributed by atoms with Crippen LogP contribution in [0.25, 0.3) is 11.3 Å². The number of carbonyl (C=O) groups excluding carboxylic acids is 1. The maximum atomic E-state index is 12.7. The first-order chi connectivity index (χ1) is 15.2. The molecule has 10 nitrogen and oxygen atoms in total. The molecule has 3 heterocycles. The molecule has 0 spiro atoms. The number of nitrogens with zero attached hydrogens (tertiary/aromatic N) is 5. The van der Waals surface area contributed by atoms with Gasteiger partial charge in [0, 0.05) is 25.0 Å². The largest absolute Gasteiger partial charge is 0.376 e. The third-order valence-corrected chi connectivity index (χ3v) is 6.70. The molecule has 0 fully saturated rings. The summed E-state index contributed by atoms with van der Waals surface area (Å²) in [5.74, 6) is -0.158. The Morgan fingerprint density at radius 3 is 2.66 bits per heavy atom. The number of aliphatic hydroxyl groups is 1. The summed E-state index contributed by atoms with van der Waals surface area (Å²) in [5.41, 5.74) is 0.608. The van der Waals surface area contributed by atoms with Crippen molar-refractivity contribution in [2.45, 2.75) is 6.73 Å². The smallest absolute Gasteiger partial charge is 0.332 e. The highest BCUT2D eigenvalue weighted by atomic mass is 35.5. The number of hydrogen-bond donors (Lipinski definition) is 2. The van der Waals surface area contributed by atoms with E-state index in [4.69, 9.17) is 23.2 Å². The first-order valence-corrected chi connectivity index (χ1v) is 11.0. The van der Waals surface area contributed by atoms with Gasteiger partial charge >= 0.3 is 5.69 Å². The van der Waals surface area contributed by atoms with Crippen LogP contribution in [0.1, 0.15) is 0 Å². The molecular formula is C19H18Cl2N6O4S. The van der Waals surface area contributed by atoms with E-state index in [1.165, 1.54) is 32.4 Å². The molecule has 4 rings (SSSR count). The van der Waals surface area contributed by atoms with E-state index in [2.05, 4.69) is 10.3 Å². The first-order valence-electron chi connectivity index (χ1n) is 9.34. The number of carbonyl (C=O) groups is 1. The Morgan fingerprint density at radius 1 is 1.22 bits per heavy atom. The van der Waals surface area contributed by atoms with Crippen LogP contribution >= 0.6 is 34.5 Å². The van der Waals surface area contributed by atoms with Gasteiger partial charge in [0.15, 0.2) is 4.80 Å². The number of amides is 1. The predicted molar refractivity (Wildman–Crippen MR) is 123 cm³/mol. The van der Waals surface area contributed by atoms with Gasteiger partial charge in [-0.1, -0.05) is 29.3 Å². The van der Waals surface area contributed by atoms with Gasteiger partial charge < -0.3 is 15.3 Å². The van der Waals surface area contributed by atoms with Gasteiger partial charge in [0.25, 0.3) is 11.5 Å². The van der Waals surface area contributed by atoms with E-state index in [1.807, 2.05) is 0 Å². The van der Waals surface area contributed by atoms with E-state index in [9.17, 15) is 19.5 Å². The van der Waals surface area contributed by atoms with Gasteiger partial charge in [0.05, 0.1) is 22.4 Å². The summed E-state index contributed by atoms with van der Waals surface area (Å²) in [6.07, 6.45) is 0. The van der Waals surface area contributed by atoms with E-state index in [0.29, 0.717) is 31.9 Å². The van der Waals surface area contributed by atoms with E-state index < -0.39 is 23.9 Å². The lowest BCUT2D eigenvalue weighted by molar-refractivity contribution is -0.116. The maximum absolute atomic E-state index is 12.7. The lowest BCUT2D eigenvalue weighted by Crippen LogP contribution is -2.40. The van der Waals surface area contributed by atoms with Crippen molar-refractivity contribution in [2.75, 3.05) is 23.4 Å². The molecule has 2 aromatic heterocycles. The zero-order chi connectivity index (χ0) is 23.2. The molecule has 1 aliphatic heterocycles. The molecule has 168 valence electrons. The fourth-order valence-electron chi connectivity index (χ4n) is 3.44. The van der Waals surface area contributed by atoms with Crippen molar-refractivity contribution in [3.63, 3.8) is 0 Å². The van der Waals surface area contributed by atoms with Crippen LogP contribution in [0.3, 0.4) is 0 Å².